The molecule has 0 aromatic heterocycles. The van der Waals surface area contributed by atoms with E-state index in [9.17, 15) is 0 Å². The molecule has 1 aliphatic heterocycles. The molecule has 0 unspecified atom stereocenters. The molecule has 0 N–H and O–H groups in total. The van der Waals surface area contributed by atoms with Gasteiger partial charge in [-0.1, -0.05) is 127 Å². The highest BCUT2D eigenvalue weighted by Gasteiger charge is 2.51. The average Bonchev–Trinajstić information content (AvgIpc) is 3.32. The van der Waals surface area contributed by atoms with Gasteiger partial charge in [0.15, 0.2) is 7.14 Å². The lowest BCUT2D eigenvalue weighted by Gasteiger charge is -2.40. The van der Waals surface area contributed by atoms with E-state index in [0.717, 1.165) is 38.5 Å². The summed E-state index contributed by atoms with van der Waals surface area (Å²) < 4.78 is 22.0. The number of benzene rings is 6. The third kappa shape index (κ3) is 3.03. The maximum absolute atomic E-state index is 15.4. The van der Waals surface area contributed by atoms with Crippen molar-refractivity contribution in [3.8, 4) is 22.6 Å². The van der Waals surface area contributed by atoms with Gasteiger partial charge >= 0.3 is 0 Å². The molecular formula is C37H25O2P. The number of para-hydroxylation sites is 1. The molecule has 8 rings (SSSR count). The van der Waals surface area contributed by atoms with E-state index in [4.69, 9.17) is 4.74 Å². The minimum absolute atomic E-state index is 0.592. The van der Waals surface area contributed by atoms with E-state index in [1.807, 2.05) is 78.9 Å². The van der Waals surface area contributed by atoms with E-state index >= 15 is 4.57 Å². The molecule has 0 amide bonds. The van der Waals surface area contributed by atoms with Crippen LogP contribution in [0.5, 0.6) is 11.5 Å². The minimum atomic E-state index is -3.19. The van der Waals surface area contributed by atoms with Crippen molar-refractivity contribution in [2.45, 2.75) is 5.41 Å². The molecule has 6 aromatic rings. The van der Waals surface area contributed by atoms with Crippen molar-refractivity contribution in [3.05, 3.63) is 174 Å². The summed E-state index contributed by atoms with van der Waals surface area (Å²) in [6.07, 6.45) is 0. The molecule has 0 fully saturated rings. The Labute approximate surface area is 233 Å². The van der Waals surface area contributed by atoms with Gasteiger partial charge in [0.05, 0.1) is 5.41 Å². The highest BCUT2D eigenvalue weighted by Crippen LogP contribution is 2.62. The first-order valence-corrected chi connectivity index (χ1v) is 15.3. The van der Waals surface area contributed by atoms with E-state index in [0.29, 0.717) is 0 Å². The van der Waals surface area contributed by atoms with E-state index in [1.165, 1.54) is 22.3 Å². The molecule has 0 atom stereocenters. The van der Waals surface area contributed by atoms with Crippen molar-refractivity contribution in [2.75, 3.05) is 0 Å². The van der Waals surface area contributed by atoms with Gasteiger partial charge in [0.1, 0.15) is 11.5 Å². The standard InChI is InChI=1S/C37H25O2P/c38-40(26-13-3-1-4-14-26,27-15-5-2-6-16-27)28-23-24-36-34(25-28)37(33-21-11-12-22-35(33)39-36)31-19-9-7-17-29(31)30-18-8-10-20-32(30)37/h1-25H. The highest BCUT2D eigenvalue weighted by atomic mass is 31.2. The van der Waals surface area contributed by atoms with Crippen molar-refractivity contribution >= 4 is 23.1 Å². The molecule has 1 spiro atoms. The predicted molar refractivity (Wildman–Crippen MR) is 163 cm³/mol. The molecule has 0 radical (unpaired) electrons. The summed E-state index contributed by atoms with van der Waals surface area (Å²) in [5.41, 5.74) is 6.42. The van der Waals surface area contributed by atoms with Crippen LogP contribution in [0, 0.1) is 0 Å². The van der Waals surface area contributed by atoms with Gasteiger partial charge in [-0.25, -0.2) is 0 Å². The number of rotatable bonds is 3. The van der Waals surface area contributed by atoms with Gasteiger partial charge in [-0.3, -0.25) is 0 Å². The fraction of sp³-hybridized carbons (Fsp3) is 0.0270. The minimum Gasteiger partial charge on any atom is -0.457 e. The summed E-state index contributed by atoms with van der Waals surface area (Å²) >= 11 is 0. The second-order valence-corrected chi connectivity index (χ2v) is 13.2. The molecule has 0 bridgehead atoms. The summed E-state index contributed by atoms with van der Waals surface area (Å²) in [4.78, 5) is 0. The molecule has 6 aromatic carbocycles. The summed E-state index contributed by atoms with van der Waals surface area (Å²) in [5, 5.41) is 2.44. The van der Waals surface area contributed by atoms with E-state index < -0.39 is 12.6 Å². The normalized spacial score (nSPS) is 14.0. The fourth-order valence-corrected chi connectivity index (χ4v) is 9.44. The Morgan fingerprint density at radius 1 is 0.425 bits per heavy atom. The number of hydrogen-bond donors (Lipinski definition) is 0. The third-order valence-electron chi connectivity index (χ3n) is 8.43. The molecule has 190 valence electrons. The molecule has 2 aliphatic rings. The Balaban J connectivity index is 1.49. The second kappa shape index (κ2) is 8.68. The Morgan fingerprint density at radius 3 is 1.50 bits per heavy atom. The van der Waals surface area contributed by atoms with Gasteiger partial charge in [-0.05, 0) is 46.5 Å². The van der Waals surface area contributed by atoms with Crippen molar-refractivity contribution in [3.63, 3.8) is 0 Å². The van der Waals surface area contributed by atoms with Crippen LogP contribution >= 0.6 is 7.14 Å². The van der Waals surface area contributed by atoms with Gasteiger partial charge in [0.25, 0.3) is 0 Å². The van der Waals surface area contributed by atoms with Gasteiger partial charge < -0.3 is 9.30 Å². The first-order valence-electron chi connectivity index (χ1n) is 13.6. The van der Waals surface area contributed by atoms with Crippen LogP contribution in [0.3, 0.4) is 0 Å². The van der Waals surface area contributed by atoms with Crippen LogP contribution in [-0.4, -0.2) is 0 Å². The SMILES string of the molecule is O=P(c1ccccc1)(c1ccccc1)c1ccc2c(c1)C1(c3ccccc3O2)c2ccccc2-c2ccccc21. The van der Waals surface area contributed by atoms with Crippen molar-refractivity contribution in [1.29, 1.82) is 0 Å². The molecular weight excluding hydrogens is 507 g/mol. The van der Waals surface area contributed by atoms with Gasteiger partial charge in [-0.2, -0.15) is 0 Å². The van der Waals surface area contributed by atoms with E-state index in [1.54, 1.807) is 0 Å². The first kappa shape index (κ1) is 23.3. The summed E-state index contributed by atoms with van der Waals surface area (Å²) in [5.74, 6) is 1.64. The Kier molecular flexibility index (Phi) is 5.05. The van der Waals surface area contributed by atoms with Crippen LogP contribution in [0.2, 0.25) is 0 Å². The zero-order chi connectivity index (χ0) is 26.7. The van der Waals surface area contributed by atoms with Crippen LogP contribution < -0.4 is 20.7 Å². The van der Waals surface area contributed by atoms with Crippen molar-refractivity contribution < 1.29 is 9.30 Å². The predicted octanol–water partition coefficient (Wildman–Crippen LogP) is 7.79. The summed E-state index contributed by atoms with van der Waals surface area (Å²) in [6.45, 7) is 0. The molecule has 0 saturated carbocycles. The van der Waals surface area contributed by atoms with E-state index in [2.05, 4.69) is 72.8 Å². The highest BCUT2D eigenvalue weighted by molar-refractivity contribution is 7.85. The van der Waals surface area contributed by atoms with Crippen LogP contribution in [0.4, 0.5) is 0 Å². The lowest BCUT2D eigenvalue weighted by atomic mass is 9.66. The third-order valence-corrected chi connectivity index (χ3v) is 11.5. The molecule has 2 nitrogen and oxygen atoms in total. The lowest BCUT2D eigenvalue weighted by molar-refractivity contribution is 0.436. The molecule has 1 heterocycles. The van der Waals surface area contributed by atoms with Crippen LogP contribution in [0.25, 0.3) is 11.1 Å². The second-order valence-electron chi connectivity index (χ2n) is 10.4. The fourth-order valence-electron chi connectivity index (χ4n) is 6.76. The average molecular weight is 533 g/mol. The van der Waals surface area contributed by atoms with Crippen molar-refractivity contribution in [2.24, 2.45) is 0 Å². The summed E-state index contributed by atoms with van der Waals surface area (Å²) in [7, 11) is -3.19. The van der Waals surface area contributed by atoms with Crippen LogP contribution in [-0.2, 0) is 9.98 Å². The smallest absolute Gasteiger partial charge is 0.171 e. The topological polar surface area (TPSA) is 26.3 Å². The Morgan fingerprint density at radius 2 is 0.900 bits per heavy atom. The zero-order valence-corrected chi connectivity index (χ0v) is 22.6. The van der Waals surface area contributed by atoms with E-state index in [-0.39, 0.29) is 0 Å². The number of fused-ring (bicyclic) bond motifs is 9. The first-order chi connectivity index (χ1) is 19.7. The largest absolute Gasteiger partial charge is 0.457 e. The maximum atomic E-state index is 15.4. The van der Waals surface area contributed by atoms with Gasteiger partial charge in [-0.15, -0.1) is 0 Å². The molecule has 3 heteroatoms. The number of ether oxygens (including phenoxy) is 1. The maximum Gasteiger partial charge on any atom is 0.171 e. The van der Waals surface area contributed by atoms with Crippen LogP contribution in [0.1, 0.15) is 22.3 Å². The zero-order valence-electron chi connectivity index (χ0n) is 21.7. The summed E-state index contributed by atoms with van der Waals surface area (Å²) in [6, 6.07) is 51.6. The number of hydrogen-bond acceptors (Lipinski definition) is 2. The Hall–Kier alpha value is -4.65. The van der Waals surface area contributed by atoms with Gasteiger partial charge in [0.2, 0.25) is 0 Å². The Bertz CT molecular complexity index is 1870. The quantitative estimate of drug-likeness (QED) is 0.217. The van der Waals surface area contributed by atoms with Crippen LogP contribution in [0.15, 0.2) is 152 Å². The van der Waals surface area contributed by atoms with Gasteiger partial charge in [0, 0.05) is 27.0 Å². The lowest BCUT2D eigenvalue weighted by Crippen LogP contribution is -2.34. The van der Waals surface area contributed by atoms with Crippen molar-refractivity contribution in [1.82, 2.24) is 0 Å². The molecule has 1 aliphatic carbocycles. The monoisotopic (exact) mass is 532 g/mol. The molecule has 0 saturated heterocycles. The molecule has 40 heavy (non-hydrogen) atoms.